The normalized spacial score (nSPS) is 16.1. The van der Waals surface area contributed by atoms with Crippen LogP contribution in [0.4, 0.5) is 0 Å². The number of nitrogens with one attached hydrogen (secondary N) is 1. The number of esters is 1. The average molecular weight is 429 g/mol. The number of halogens is 1. The average Bonchev–Trinajstić information content (AvgIpc) is 2.75. The molecule has 2 aromatic rings. The molecule has 1 heterocycles. The summed E-state index contributed by atoms with van der Waals surface area (Å²) in [5.74, 6) is -0.990. The maximum Gasteiger partial charge on any atom is 0.308 e. The Bertz CT molecular complexity index is 888. The van der Waals surface area contributed by atoms with E-state index < -0.39 is 12.0 Å². The SMILES string of the molecule is O=C(CC1C(=O)NCCN1C(=O)CCc1ccccc1Cl)OCCc1ccccc1. The molecule has 1 fully saturated rings. The largest absolute Gasteiger partial charge is 0.465 e. The van der Waals surface area contributed by atoms with E-state index in [1.165, 1.54) is 4.90 Å². The Morgan fingerprint density at radius 3 is 2.57 bits per heavy atom. The first-order valence-electron chi connectivity index (χ1n) is 10.0. The molecular formula is C23H25ClN2O4. The first-order valence-corrected chi connectivity index (χ1v) is 10.4. The van der Waals surface area contributed by atoms with Crippen molar-refractivity contribution >= 4 is 29.4 Å². The number of piperazine rings is 1. The smallest absolute Gasteiger partial charge is 0.308 e. The van der Waals surface area contributed by atoms with Crippen molar-refractivity contribution in [2.45, 2.75) is 31.7 Å². The maximum absolute atomic E-state index is 12.8. The molecule has 0 bridgehead atoms. The molecule has 1 unspecified atom stereocenters. The van der Waals surface area contributed by atoms with Crippen molar-refractivity contribution < 1.29 is 19.1 Å². The number of ether oxygens (including phenoxy) is 1. The summed E-state index contributed by atoms with van der Waals surface area (Å²) in [6, 6.07) is 16.2. The molecule has 0 aliphatic carbocycles. The van der Waals surface area contributed by atoms with E-state index in [1.54, 1.807) is 6.07 Å². The fourth-order valence-corrected chi connectivity index (χ4v) is 3.68. The minimum absolute atomic E-state index is 0.154. The van der Waals surface area contributed by atoms with Gasteiger partial charge >= 0.3 is 5.97 Å². The third kappa shape index (κ3) is 6.07. The van der Waals surface area contributed by atoms with Crippen molar-refractivity contribution in [3.8, 4) is 0 Å². The number of benzene rings is 2. The first-order chi connectivity index (χ1) is 14.5. The molecule has 1 aliphatic heterocycles. The lowest BCUT2D eigenvalue weighted by molar-refractivity contribution is -0.151. The van der Waals surface area contributed by atoms with Crippen LogP contribution in [0.25, 0.3) is 0 Å². The lowest BCUT2D eigenvalue weighted by Gasteiger charge is -2.34. The second kappa shape index (κ2) is 10.8. The van der Waals surface area contributed by atoms with Crippen LogP contribution in [0.1, 0.15) is 24.0 Å². The third-order valence-electron chi connectivity index (χ3n) is 5.07. The number of carbonyl (C=O) groups is 3. The van der Waals surface area contributed by atoms with Gasteiger partial charge in [-0.3, -0.25) is 14.4 Å². The Hall–Kier alpha value is -2.86. The lowest BCUT2D eigenvalue weighted by atomic mass is 10.1. The zero-order chi connectivity index (χ0) is 21.3. The zero-order valence-corrected chi connectivity index (χ0v) is 17.4. The number of hydrogen-bond acceptors (Lipinski definition) is 4. The van der Waals surface area contributed by atoms with E-state index in [9.17, 15) is 14.4 Å². The van der Waals surface area contributed by atoms with Gasteiger partial charge in [-0.05, 0) is 23.6 Å². The summed E-state index contributed by atoms with van der Waals surface area (Å²) >= 11 is 6.16. The van der Waals surface area contributed by atoms with Crippen molar-refractivity contribution in [1.82, 2.24) is 10.2 Å². The van der Waals surface area contributed by atoms with Gasteiger partial charge in [0, 0.05) is 31.0 Å². The molecule has 158 valence electrons. The highest BCUT2D eigenvalue weighted by Crippen LogP contribution is 2.18. The Kier molecular flexibility index (Phi) is 7.85. The molecule has 1 saturated heterocycles. The molecule has 3 rings (SSSR count). The summed E-state index contributed by atoms with van der Waals surface area (Å²) in [5.41, 5.74) is 1.95. The summed E-state index contributed by atoms with van der Waals surface area (Å²) in [7, 11) is 0. The minimum atomic E-state index is -0.846. The van der Waals surface area contributed by atoms with Crippen LogP contribution in [0.3, 0.4) is 0 Å². The summed E-state index contributed by atoms with van der Waals surface area (Å²) in [5, 5.41) is 3.34. The van der Waals surface area contributed by atoms with E-state index >= 15 is 0 Å². The minimum Gasteiger partial charge on any atom is -0.465 e. The zero-order valence-electron chi connectivity index (χ0n) is 16.7. The molecule has 0 saturated carbocycles. The van der Waals surface area contributed by atoms with Gasteiger partial charge < -0.3 is 15.0 Å². The molecule has 7 heteroatoms. The predicted molar refractivity (Wildman–Crippen MR) is 114 cm³/mol. The van der Waals surface area contributed by atoms with Gasteiger partial charge in [0.05, 0.1) is 13.0 Å². The second-order valence-corrected chi connectivity index (χ2v) is 7.55. The number of nitrogens with zero attached hydrogens (tertiary/aromatic N) is 1. The van der Waals surface area contributed by atoms with Crippen molar-refractivity contribution in [3.63, 3.8) is 0 Å². The molecule has 30 heavy (non-hydrogen) atoms. The molecule has 0 spiro atoms. The van der Waals surface area contributed by atoms with Crippen LogP contribution in [0.15, 0.2) is 54.6 Å². The summed E-state index contributed by atoms with van der Waals surface area (Å²) in [6.07, 6.45) is 1.14. The Morgan fingerprint density at radius 2 is 1.80 bits per heavy atom. The Morgan fingerprint density at radius 1 is 1.07 bits per heavy atom. The van der Waals surface area contributed by atoms with Crippen molar-refractivity contribution in [2.75, 3.05) is 19.7 Å². The van der Waals surface area contributed by atoms with Gasteiger partial charge in [-0.1, -0.05) is 60.1 Å². The number of carbonyl (C=O) groups excluding carboxylic acids is 3. The number of rotatable bonds is 8. The second-order valence-electron chi connectivity index (χ2n) is 7.15. The summed E-state index contributed by atoms with van der Waals surface area (Å²) < 4.78 is 5.30. The standard InChI is InChI=1S/C23H25ClN2O4/c24-19-9-5-4-8-18(19)10-11-21(27)26-14-13-25-23(29)20(26)16-22(28)30-15-12-17-6-2-1-3-7-17/h1-9,20H,10-16H2,(H,25,29). The van der Waals surface area contributed by atoms with Gasteiger partial charge in [0.2, 0.25) is 11.8 Å². The van der Waals surface area contributed by atoms with Gasteiger partial charge in [0.25, 0.3) is 0 Å². The van der Waals surface area contributed by atoms with Gasteiger partial charge in [0.1, 0.15) is 6.04 Å². The van der Waals surface area contributed by atoms with Gasteiger partial charge in [-0.15, -0.1) is 0 Å². The van der Waals surface area contributed by atoms with Crippen LogP contribution < -0.4 is 5.32 Å². The molecule has 1 N–H and O–H groups in total. The molecule has 2 amide bonds. The van der Waals surface area contributed by atoms with E-state index in [4.69, 9.17) is 16.3 Å². The van der Waals surface area contributed by atoms with Crippen LogP contribution in [0.5, 0.6) is 0 Å². The molecular weight excluding hydrogens is 404 g/mol. The Balaban J connectivity index is 1.53. The van der Waals surface area contributed by atoms with Gasteiger partial charge in [0.15, 0.2) is 0 Å². The molecule has 0 radical (unpaired) electrons. The third-order valence-corrected chi connectivity index (χ3v) is 5.44. The highest BCUT2D eigenvalue weighted by atomic mass is 35.5. The highest BCUT2D eigenvalue weighted by Gasteiger charge is 2.34. The number of amides is 2. The summed E-state index contributed by atoms with van der Waals surface area (Å²) in [6.45, 7) is 0.975. The molecule has 0 aromatic heterocycles. The van der Waals surface area contributed by atoms with Crippen LogP contribution in [-0.4, -0.2) is 48.4 Å². The van der Waals surface area contributed by atoms with Crippen LogP contribution in [0, 0.1) is 0 Å². The van der Waals surface area contributed by atoms with Crippen molar-refractivity contribution in [1.29, 1.82) is 0 Å². The van der Waals surface area contributed by atoms with Crippen LogP contribution >= 0.6 is 11.6 Å². The maximum atomic E-state index is 12.8. The van der Waals surface area contributed by atoms with E-state index in [2.05, 4.69) is 5.32 Å². The lowest BCUT2D eigenvalue weighted by Crippen LogP contribution is -2.57. The molecule has 1 atom stereocenters. The van der Waals surface area contributed by atoms with Gasteiger partial charge in [-0.2, -0.15) is 0 Å². The van der Waals surface area contributed by atoms with E-state index in [0.29, 0.717) is 31.0 Å². The Labute approximate surface area is 181 Å². The fourth-order valence-electron chi connectivity index (χ4n) is 3.45. The van der Waals surface area contributed by atoms with E-state index in [-0.39, 0.29) is 31.3 Å². The fraction of sp³-hybridized carbons (Fsp3) is 0.348. The molecule has 6 nitrogen and oxygen atoms in total. The van der Waals surface area contributed by atoms with Crippen molar-refractivity contribution in [2.24, 2.45) is 0 Å². The topological polar surface area (TPSA) is 75.7 Å². The van der Waals surface area contributed by atoms with Crippen LogP contribution in [0.2, 0.25) is 5.02 Å². The highest BCUT2D eigenvalue weighted by molar-refractivity contribution is 6.31. The summed E-state index contributed by atoms with van der Waals surface area (Å²) in [4.78, 5) is 38.9. The van der Waals surface area contributed by atoms with Crippen molar-refractivity contribution in [3.05, 3.63) is 70.7 Å². The predicted octanol–water partition coefficient (Wildman–Crippen LogP) is 2.78. The monoisotopic (exact) mass is 428 g/mol. The van der Waals surface area contributed by atoms with E-state index in [0.717, 1.165) is 11.1 Å². The molecule has 1 aliphatic rings. The quantitative estimate of drug-likeness (QED) is 0.656. The van der Waals surface area contributed by atoms with E-state index in [1.807, 2.05) is 48.5 Å². The number of aryl methyl sites for hydroxylation is 1. The number of hydrogen-bond donors (Lipinski definition) is 1. The van der Waals surface area contributed by atoms with Crippen LogP contribution in [-0.2, 0) is 32.0 Å². The first kappa shape index (κ1) is 21.8. The molecule has 2 aromatic carbocycles. The van der Waals surface area contributed by atoms with Gasteiger partial charge in [-0.25, -0.2) is 0 Å².